The van der Waals surface area contributed by atoms with Crippen LogP contribution in [0.2, 0.25) is 10.0 Å². The topological polar surface area (TPSA) is 85.0 Å². The van der Waals surface area contributed by atoms with Gasteiger partial charge < -0.3 is 14.4 Å². The summed E-state index contributed by atoms with van der Waals surface area (Å²) in [5.74, 6) is 1.36. The number of aromatic nitrogens is 1. The van der Waals surface area contributed by atoms with Crippen molar-refractivity contribution in [3.63, 3.8) is 0 Å². The van der Waals surface area contributed by atoms with E-state index in [9.17, 15) is 9.90 Å². The Kier molecular flexibility index (Phi) is 6.44. The molecule has 37 heavy (non-hydrogen) atoms. The summed E-state index contributed by atoms with van der Waals surface area (Å²) in [5, 5.41) is 16.6. The molecule has 0 unspecified atom stereocenters. The maximum absolute atomic E-state index is 11.5. The predicted octanol–water partition coefficient (Wildman–Crippen LogP) is 7.15. The number of hydrogen-bond donors (Lipinski definition) is 1. The van der Waals surface area contributed by atoms with E-state index in [-0.39, 0.29) is 12.2 Å². The molecule has 3 aliphatic rings. The number of nitrogens with zero attached hydrogens (tertiary/aromatic N) is 2. The number of fused-ring (bicyclic) bond motifs is 1. The Morgan fingerprint density at radius 1 is 1.16 bits per heavy atom. The fourth-order valence-electron chi connectivity index (χ4n) is 4.80. The molecule has 9 heteroatoms. The third-order valence-corrected chi connectivity index (χ3v) is 7.48. The van der Waals surface area contributed by atoms with Crippen LogP contribution in [-0.4, -0.2) is 27.8 Å². The van der Waals surface area contributed by atoms with Gasteiger partial charge in [-0.15, -0.1) is 0 Å². The van der Waals surface area contributed by atoms with E-state index in [2.05, 4.69) is 5.16 Å². The molecule has 0 amide bonds. The van der Waals surface area contributed by atoms with E-state index in [0.29, 0.717) is 45.3 Å². The monoisotopic (exact) mass is 538 g/mol. The Labute approximate surface area is 223 Å². The van der Waals surface area contributed by atoms with Gasteiger partial charge in [-0.25, -0.2) is 4.79 Å². The maximum Gasteiger partial charge on any atom is 0.335 e. The van der Waals surface area contributed by atoms with Gasteiger partial charge in [-0.1, -0.05) is 46.6 Å². The molecule has 0 radical (unpaired) electrons. The van der Waals surface area contributed by atoms with Crippen LogP contribution in [-0.2, 0) is 17.9 Å². The fraction of sp³-hybridized carbons (Fsp3) is 0.286. The molecule has 0 bridgehead atoms. The number of rotatable bonds is 6. The van der Waals surface area contributed by atoms with Crippen LogP contribution in [0, 0.1) is 0 Å². The zero-order chi connectivity index (χ0) is 25.5. The zero-order valence-electron chi connectivity index (χ0n) is 19.9. The lowest BCUT2D eigenvalue weighted by atomic mass is 10.0. The lowest BCUT2D eigenvalue weighted by Gasteiger charge is -2.31. The molecule has 1 N–H and O–H groups in total. The highest BCUT2D eigenvalue weighted by molar-refractivity contribution is 6.39. The van der Waals surface area contributed by atoms with Gasteiger partial charge in [0.25, 0.3) is 0 Å². The normalized spacial score (nSPS) is 17.1. The summed E-state index contributed by atoms with van der Waals surface area (Å²) in [6.45, 7) is 0.785. The summed E-state index contributed by atoms with van der Waals surface area (Å²) in [4.78, 5) is 17.9. The van der Waals surface area contributed by atoms with Gasteiger partial charge in [0.05, 0.1) is 33.4 Å². The molecular formula is C28H24Cl2N2O5. The minimum absolute atomic E-state index is 0.195. The summed E-state index contributed by atoms with van der Waals surface area (Å²) in [7, 11) is 0. The van der Waals surface area contributed by atoms with Crippen molar-refractivity contribution in [3.05, 3.63) is 92.5 Å². The molecule has 190 valence electrons. The van der Waals surface area contributed by atoms with Crippen molar-refractivity contribution in [2.45, 2.75) is 44.6 Å². The van der Waals surface area contributed by atoms with Crippen LogP contribution in [0.4, 0.5) is 0 Å². The van der Waals surface area contributed by atoms with Crippen LogP contribution in [0.25, 0.3) is 11.3 Å². The number of halogens is 2. The van der Waals surface area contributed by atoms with Crippen LogP contribution < -0.4 is 4.74 Å². The second-order valence-electron chi connectivity index (χ2n) is 9.38. The Hall–Kier alpha value is -3.26. The number of benzene rings is 2. The van der Waals surface area contributed by atoms with Crippen LogP contribution in [0.3, 0.4) is 0 Å². The molecule has 3 heterocycles. The first kappa shape index (κ1) is 24.1. The molecule has 7 nitrogen and oxygen atoms in total. The molecule has 2 aliphatic heterocycles. The van der Waals surface area contributed by atoms with Gasteiger partial charge in [-0.3, -0.25) is 9.90 Å². The van der Waals surface area contributed by atoms with E-state index >= 15 is 0 Å². The largest absolute Gasteiger partial charge is 0.478 e. The number of aromatic carboxylic acids is 1. The van der Waals surface area contributed by atoms with Crippen molar-refractivity contribution in [2.75, 3.05) is 6.54 Å². The highest BCUT2D eigenvalue weighted by Gasteiger charge is 2.34. The highest BCUT2D eigenvalue weighted by Crippen LogP contribution is 2.46. The Balaban J connectivity index is 1.29. The number of carbonyl (C=O) groups is 1. The van der Waals surface area contributed by atoms with Crippen molar-refractivity contribution in [2.24, 2.45) is 0 Å². The van der Waals surface area contributed by atoms with Crippen molar-refractivity contribution in [3.8, 4) is 17.0 Å². The van der Waals surface area contributed by atoms with Crippen molar-refractivity contribution < 1.29 is 24.0 Å². The van der Waals surface area contributed by atoms with Crippen LogP contribution in [0.1, 0.15) is 58.8 Å². The van der Waals surface area contributed by atoms with Gasteiger partial charge in [0, 0.05) is 11.5 Å². The molecule has 6 rings (SSSR count). The fourth-order valence-corrected chi connectivity index (χ4v) is 5.38. The third-order valence-electron chi connectivity index (χ3n) is 6.85. The Morgan fingerprint density at radius 3 is 2.73 bits per heavy atom. The summed E-state index contributed by atoms with van der Waals surface area (Å²) < 4.78 is 12.0. The van der Waals surface area contributed by atoms with E-state index in [4.69, 9.17) is 37.3 Å². The average molecular weight is 539 g/mol. The maximum atomic E-state index is 11.5. The number of aryl methyl sites for hydroxylation is 1. The van der Waals surface area contributed by atoms with E-state index in [0.717, 1.165) is 54.7 Å². The lowest BCUT2D eigenvalue weighted by molar-refractivity contribution is -0.140. The molecule has 2 aromatic carbocycles. The van der Waals surface area contributed by atoms with E-state index in [1.807, 2.05) is 23.3 Å². The number of allylic oxidation sites excluding steroid dienone is 2. The van der Waals surface area contributed by atoms with Gasteiger partial charge in [0.1, 0.15) is 29.6 Å². The molecule has 0 saturated heterocycles. The van der Waals surface area contributed by atoms with Gasteiger partial charge in [0.2, 0.25) is 0 Å². The van der Waals surface area contributed by atoms with E-state index in [1.54, 1.807) is 30.3 Å². The molecule has 1 saturated carbocycles. The smallest absolute Gasteiger partial charge is 0.335 e. The first-order valence-electron chi connectivity index (χ1n) is 12.3. The summed E-state index contributed by atoms with van der Waals surface area (Å²) in [5.41, 5.74) is 4.18. The lowest BCUT2D eigenvalue weighted by Crippen LogP contribution is -2.29. The van der Waals surface area contributed by atoms with Crippen molar-refractivity contribution >= 4 is 29.2 Å². The van der Waals surface area contributed by atoms with Crippen LogP contribution in [0.15, 0.2) is 64.5 Å². The van der Waals surface area contributed by atoms with Crippen molar-refractivity contribution in [1.29, 1.82) is 0 Å². The first-order valence-corrected chi connectivity index (χ1v) is 13.0. The molecule has 1 fully saturated rings. The average Bonchev–Trinajstić information content (AvgIpc) is 3.63. The molecule has 0 atom stereocenters. The number of carboxylic acids is 1. The minimum Gasteiger partial charge on any atom is -0.478 e. The standard InChI is InChI=1S/C28H24Cl2N2O5/c29-20-5-2-6-21(30)25(20)26-19(27(37-31-26)17-10-11-17)15-35-32-13-3-8-23-22(32)7-1-4-16-9-12-18(28(33)34)14-24(16)36-23/h2-3,5-6,8-9,12,14,17H,1,4,7,10-11,13,15H2,(H,33,34). The summed E-state index contributed by atoms with van der Waals surface area (Å²) in [6, 6.07) is 10.4. The first-order chi connectivity index (χ1) is 18.0. The molecular weight excluding hydrogens is 515 g/mol. The number of hydroxylamine groups is 2. The SMILES string of the molecule is O=C(O)c1ccc2c(c1)OC1=C(CCC2)N(OCc2c(-c3c(Cl)cccc3Cl)noc2C2CC2)CC=C1. The minimum atomic E-state index is -0.985. The third kappa shape index (κ3) is 4.75. The van der Waals surface area contributed by atoms with Gasteiger partial charge in [0.15, 0.2) is 0 Å². The highest BCUT2D eigenvalue weighted by atomic mass is 35.5. The van der Waals surface area contributed by atoms with E-state index < -0.39 is 5.97 Å². The molecule has 0 spiro atoms. The predicted molar refractivity (Wildman–Crippen MR) is 139 cm³/mol. The second-order valence-corrected chi connectivity index (χ2v) is 10.2. The number of hydrogen-bond acceptors (Lipinski definition) is 6. The van der Waals surface area contributed by atoms with Crippen LogP contribution >= 0.6 is 23.2 Å². The van der Waals surface area contributed by atoms with E-state index in [1.165, 1.54) is 0 Å². The molecule has 1 aromatic heterocycles. The Morgan fingerprint density at radius 2 is 1.97 bits per heavy atom. The quantitative estimate of drug-likeness (QED) is 0.356. The molecule has 1 aliphatic carbocycles. The number of carboxylic acid groups (broad SMARTS) is 1. The number of ether oxygens (including phenoxy) is 1. The van der Waals surface area contributed by atoms with Gasteiger partial charge >= 0.3 is 5.97 Å². The van der Waals surface area contributed by atoms with Crippen molar-refractivity contribution in [1.82, 2.24) is 10.2 Å². The van der Waals surface area contributed by atoms with Gasteiger partial charge in [-0.2, -0.15) is 0 Å². The van der Waals surface area contributed by atoms with Gasteiger partial charge in [-0.05, 0) is 68.0 Å². The molecule has 3 aromatic rings. The summed E-state index contributed by atoms with van der Waals surface area (Å²) in [6.07, 6.45) is 8.37. The Bertz CT molecular complexity index is 1420. The summed E-state index contributed by atoms with van der Waals surface area (Å²) >= 11 is 13.0. The van der Waals surface area contributed by atoms with Crippen LogP contribution in [0.5, 0.6) is 5.75 Å². The second kappa shape index (κ2) is 9.89. The zero-order valence-corrected chi connectivity index (χ0v) is 21.4.